The number of nitrogens with zero attached hydrogens (tertiary/aromatic N) is 4. The molecule has 4 nitrogen and oxygen atoms in total. The van der Waals surface area contributed by atoms with Gasteiger partial charge in [-0.25, -0.2) is 0 Å². The number of hydrogen-bond donors (Lipinski definition) is 0. The fourth-order valence-electron chi connectivity index (χ4n) is 1.76. The highest BCUT2D eigenvalue weighted by atomic mass is 32.2. The average molecular weight is 256 g/mol. The van der Waals surface area contributed by atoms with Crippen LogP contribution in [0, 0.1) is 0 Å². The molecular weight excluding hydrogens is 244 g/mol. The lowest BCUT2D eigenvalue weighted by Crippen LogP contribution is -1.93. The molecule has 2 aromatic heterocycles. The van der Waals surface area contributed by atoms with E-state index in [0.29, 0.717) is 0 Å². The van der Waals surface area contributed by atoms with Crippen LogP contribution in [0.4, 0.5) is 0 Å². The monoisotopic (exact) mass is 256 g/mol. The van der Waals surface area contributed by atoms with Crippen molar-refractivity contribution in [3.05, 3.63) is 54.6 Å². The molecule has 0 amide bonds. The van der Waals surface area contributed by atoms with Crippen molar-refractivity contribution in [3.63, 3.8) is 0 Å². The predicted molar refractivity (Wildman–Crippen MR) is 71.7 cm³/mol. The molecule has 1 aromatic carbocycles. The summed E-state index contributed by atoms with van der Waals surface area (Å²) in [5.74, 6) is 1.02. The molecule has 0 aliphatic carbocycles. The van der Waals surface area contributed by atoms with E-state index in [1.54, 1.807) is 24.3 Å². The van der Waals surface area contributed by atoms with Gasteiger partial charge in [-0.05, 0) is 12.0 Å². The number of fused-ring (bicyclic) bond motifs is 1. The Morgan fingerprint density at radius 3 is 2.89 bits per heavy atom. The Labute approximate surface area is 109 Å². The summed E-state index contributed by atoms with van der Waals surface area (Å²) in [5.41, 5.74) is 2.15. The SMILES string of the molecule is c1ccc(CCSc2cncc3nncn23)cc1. The zero-order chi connectivity index (χ0) is 12.2. The maximum Gasteiger partial charge on any atom is 0.179 e. The van der Waals surface area contributed by atoms with Gasteiger partial charge in [0.1, 0.15) is 11.4 Å². The van der Waals surface area contributed by atoms with Gasteiger partial charge in [-0.15, -0.1) is 22.0 Å². The molecule has 90 valence electrons. The first-order chi connectivity index (χ1) is 8.93. The fraction of sp³-hybridized carbons (Fsp3) is 0.154. The van der Waals surface area contributed by atoms with E-state index < -0.39 is 0 Å². The second kappa shape index (κ2) is 5.18. The fourth-order valence-corrected chi connectivity index (χ4v) is 2.72. The first kappa shape index (κ1) is 11.2. The van der Waals surface area contributed by atoms with Crippen molar-refractivity contribution in [3.8, 4) is 0 Å². The molecule has 0 spiro atoms. The van der Waals surface area contributed by atoms with Crippen molar-refractivity contribution in [2.75, 3.05) is 5.75 Å². The van der Waals surface area contributed by atoms with E-state index >= 15 is 0 Å². The number of thioether (sulfide) groups is 1. The van der Waals surface area contributed by atoms with Gasteiger partial charge in [0, 0.05) is 5.75 Å². The van der Waals surface area contributed by atoms with E-state index in [1.807, 2.05) is 16.7 Å². The zero-order valence-electron chi connectivity index (χ0n) is 9.73. The largest absolute Gasteiger partial charge is 0.273 e. The van der Waals surface area contributed by atoms with Crippen molar-refractivity contribution in [2.45, 2.75) is 11.4 Å². The summed E-state index contributed by atoms with van der Waals surface area (Å²) in [6.07, 6.45) is 6.34. The van der Waals surface area contributed by atoms with Gasteiger partial charge in [0.05, 0.1) is 12.4 Å². The van der Waals surface area contributed by atoms with Crippen molar-refractivity contribution >= 4 is 17.4 Å². The minimum absolute atomic E-state index is 0.791. The molecule has 5 heteroatoms. The molecule has 18 heavy (non-hydrogen) atoms. The molecule has 0 unspecified atom stereocenters. The second-order valence-corrected chi connectivity index (χ2v) is 5.00. The Hall–Kier alpha value is -1.88. The molecule has 3 rings (SSSR count). The third-order valence-corrected chi connectivity index (χ3v) is 3.68. The van der Waals surface area contributed by atoms with Crippen LogP contribution < -0.4 is 0 Å². The first-order valence-electron chi connectivity index (χ1n) is 5.74. The molecule has 0 aliphatic rings. The van der Waals surface area contributed by atoms with Crippen molar-refractivity contribution in [1.82, 2.24) is 19.6 Å². The lowest BCUT2D eigenvalue weighted by molar-refractivity contribution is 0.971. The third-order valence-electron chi connectivity index (χ3n) is 2.67. The lowest BCUT2D eigenvalue weighted by atomic mass is 10.2. The molecule has 0 radical (unpaired) electrons. The van der Waals surface area contributed by atoms with Crippen LogP contribution in [0.2, 0.25) is 0 Å². The Kier molecular flexibility index (Phi) is 3.23. The Bertz CT molecular complexity index is 636. The van der Waals surface area contributed by atoms with Gasteiger partial charge >= 0.3 is 0 Å². The van der Waals surface area contributed by atoms with Crippen LogP contribution in [0.5, 0.6) is 0 Å². The molecule has 0 fully saturated rings. The van der Waals surface area contributed by atoms with E-state index in [0.717, 1.165) is 22.8 Å². The van der Waals surface area contributed by atoms with Crippen molar-refractivity contribution in [2.24, 2.45) is 0 Å². The average Bonchev–Trinajstić information content (AvgIpc) is 2.89. The van der Waals surface area contributed by atoms with Gasteiger partial charge in [-0.3, -0.25) is 9.38 Å². The highest BCUT2D eigenvalue weighted by Gasteiger charge is 2.02. The Balaban J connectivity index is 1.68. The first-order valence-corrected chi connectivity index (χ1v) is 6.72. The highest BCUT2D eigenvalue weighted by Crippen LogP contribution is 2.18. The summed E-state index contributed by atoms with van der Waals surface area (Å²) < 4.78 is 1.96. The smallest absolute Gasteiger partial charge is 0.179 e. The zero-order valence-corrected chi connectivity index (χ0v) is 10.5. The van der Waals surface area contributed by atoms with Gasteiger partial charge in [-0.1, -0.05) is 30.3 Å². The lowest BCUT2D eigenvalue weighted by Gasteiger charge is -2.03. The maximum absolute atomic E-state index is 4.17. The number of hydrogen-bond acceptors (Lipinski definition) is 4. The van der Waals surface area contributed by atoms with Crippen LogP contribution >= 0.6 is 11.8 Å². The molecule has 3 aromatic rings. The number of aryl methyl sites for hydroxylation is 1. The molecule has 0 atom stereocenters. The Morgan fingerprint density at radius 2 is 2.00 bits per heavy atom. The van der Waals surface area contributed by atoms with E-state index in [4.69, 9.17) is 0 Å². The summed E-state index contributed by atoms with van der Waals surface area (Å²) in [4.78, 5) is 4.17. The molecule has 0 bridgehead atoms. The van der Waals surface area contributed by atoms with E-state index in [9.17, 15) is 0 Å². The second-order valence-electron chi connectivity index (χ2n) is 3.89. The van der Waals surface area contributed by atoms with E-state index in [1.165, 1.54) is 5.56 Å². The molecule has 0 aliphatic heterocycles. The quantitative estimate of drug-likeness (QED) is 0.673. The van der Waals surface area contributed by atoms with Gasteiger partial charge < -0.3 is 0 Å². The van der Waals surface area contributed by atoms with Crippen LogP contribution in [0.25, 0.3) is 5.65 Å². The predicted octanol–water partition coefficient (Wildman–Crippen LogP) is 2.46. The standard InChI is InChI=1S/C13H12N4S/c1-2-4-11(5-3-1)6-7-18-13-9-14-8-12-16-15-10-17(12)13/h1-5,8-10H,6-7H2. The summed E-state index contributed by atoms with van der Waals surface area (Å²) >= 11 is 1.77. The van der Waals surface area contributed by atoms with Crippen molar-refractivity contribution in [1.29, 1.82) is 0 Å². The minimum Gasteiger partial charge on any atom is -0.273 e. The number of aromatic nitrogens is 4. The van der Waals surface area contributed by atoms with Crippen LogP contribution in [-0.2, 0) is 6.42 Å². The van der Waals surface area contributed by atoms with Crippen LogP contribution in [0.3, 0.4) is 0 Å². The van der Waals surface area contributed by atoms with Crippen LogP contribution in [0.15, 0.2) is 54.1 Å². The third kappa shape index (κ3) is 2.36. The summed E-state index contributed by atoms with van der Waals surface area (Å²) in [7, 11) is 0. The summed E-state index contributed by atoms with van der Waals surface area (Å²) in [6.45, 7) is 0. The normalized spacial score (nSPS) is 10.9. The van der Waals surface area contributed by atoms with Crippen LogP contribution in [0.1, 0.15) is 5.56 Å². The van der Waals surface area contributed by atoms with Crippen molar-refractivity contribution < 1.29 is 0 Å². The maximum atomic E-state index is 4.17. The number of rotatable bonds is 4. The molecule has 0 N–H and O–H groups in total. The van der Waals surface area contributed by atoms with Gasteiger partial charge in [0.25, 0.3) is 0 Å². The van der Waals surface area contributed by atoms with Gasteiger partial charge in [-0.2, -0.15) is 0 Å². The summed E-state index contributed by atoms with van der Waals surface area (Å²) in [6, 6.07) is 10.5. The van der Waals surface area contributed by atoms with Crippen LogP contribution in [-0.4, -0.2) is 25.3 Å². The Morgan fingerprint density at radius 1 is 1.11 bits per heavy atom. The van der Waals surface area contributed by atoms with E-state index in [2.05, 4.69) is 39.4 Å². The molecule has 0 saturated carbocycles. The van der Waals surface area contributed by atoms with Gasteiger partial charge in [0.15, 0.2) is 5.65 Å². The molecule has 2 heterocycles. The van der Waals surface area contributed by atoms with E-state index in [-0.39, 0.29) is 0 Å². The minimum atomic E-state index is 0.791. The van der Waals surface area contributed by atoms with Gasteiger partial charge in [0.2, 0.25) is 0 Å². The molecule has 0 saturated heterocycles. The molecular formula is C13H12N4S. The highest BCUT2D eigenvalue weighted by molar-refractivity contribution is 7.99. The topological polar surface area (TPSA) is 43.1 Å². The summed E-state index contributed by atoms with van der Waals surface area (Å²) in [5, 5.41) is 8.95. The number of benzene rings is 1.